The number of halogens is 1. The van der Waals surface area contributed by atoms with Crippen molar-refractivity contribution in [1.29, 1.82) is 0 Å². The normalized spacial score (nSPS) is 21.7. The molecular weight excluding hydrogens is 472 g/mol. The lowest BCUT2D eigenvalue weighted by Gasteiger charge is -2.35. The third-order valence-electron chi connectivity index (χ3n) is 6.17. The van der Waals surface area contributed by atoms with Gasteiger partial charge in [0, 0.05) is 10.4 Å². The molecule has 8 nitrogen and oxygen atoms in total. The fourth-order valence-electron chi connectivity index (χ4n) is 4.13. The Morgan fingerprint density at radius 2 is 1.83 bits per heavy atom. The molecule has 3 aromatic rings. The highest BCUT2D eigenvalue weighted by molar-refractivity contribution is 6.30. The Morgan fingerprint density at radius 1 is 1.14 bits per heavy atom. The molecule has 35 heavy (non-hydrogen) atoms. The van der Waals surface area contributed by atoms with Crippen molar-refractivity contribution in [1.82, 2.24) is 4.98 Å². The molecule has 2 heterocycles. The van der Waals surface area contributed by atoms with E-state index in [0.29, 0.717) is 5.02 Å². The van der Waals surface area contributed by atoms with Crippen molar-refractivity contribution in [3.63, 3.8) is 0 Å². The number of rotatable bonds is 9. The SMILES string of the molecule is CC(CCc1ccc(Cl)cc1)(CC(=O)OC1COC(C(N)=O)(c2ncco2)OC1)c1ccccc1. The third kappa shape index (κ3) is 5.73. The molecule has 1 aliphatic heterocycles. The van der Waals surface area contributed by atoms with E-state index in [1.165, 1.54) is 12.5 Å². The number of primary amides is 1. The fourth-order valence-corrected chi connectivity index (χ4v) is 4.25. The summed E-state index contributed by atoms with van der Waals surface area (Å²) in [4.78, 5) is 28.9. The van der Waals surface area contributed by atoms with E-state index >= 15 is 0 Å². The van der Waals surface area contributed by atoms with E-state index in [-0.39, 0.29) is 25.5 Å². The Bertz CT molecular complexity index is 1130. The van der Waals surface area contributed by atoms with Crippen molar-refractivity contribution < 1.29 is 28.2 Å². The van der Waals surface area contributed by atoms with Crippen LogP contribution in [0.5, 0.6) is 0 Å². The molecule has 1 saturated heterocycles. The number of carbonyl (C=O) groups is 2. The number of aryl methyl sites for hydroxylation is 1. The summed E-state index contributed by atoms with van der Waals surface area (Å²) in [6.45, 7) is 1.86. The monoisotopic (exact) mass is 498 g/mol. The number of hydrogen-bond acceptors (Lipinski definition) is 7. The molecule has 0 saturated carbocycles. The van der Waals surface area contributed by atoms with Crippen molar-refractivity contribution in [3.8, 4) is 0 Å². The highest BCUT2D eigenvalue weighted by atomic mass is 35.5. The first-order chi connectivity index (χ1) is 16.8. The number of carbonyl (C=O) groups excluding carboxylic acids is 2. The molecule has 1 atom stereocenters. The smallest absolute Gasteiger partial charge is 0.329 e. The molecule has 1 amide bonds. The Morgan fingerprint density at radius 3 is 2.43 bits per heavy atom. The summed E-state index contributed by atoms with van der Waals surface area (Å²) < 4.78 is 22.0. The maximum Gasteiger partial charge on any atom is 0.329 e. The highest BCUT2D eigenvalue weighted by Gasteiger charge is 2.50. The maximum atomic E-state index is 13.0. The van der Waals surface area contributed by atoms with E-state index in [9.17, 15) is 9.59 Å². The minimum absolute atomic E-state index is 0.0934. The van der Waals surface area contributed by atoms with Crippen LogP contribution in [0.2, 0.25) is 5.02 Å². The lowest BCUT2D eigenvalue weighted by atomic mass is 9.75. The van der Waals surface area contributed by atoms with Gasteiger partial charge in [-0.15, -0.1) is 0 Å². The lowest BCUT2D eigenvalue weighted by molar-refractivity contribution is -0.293. The minimum Gasteiger partial charge on any atom is -0.457 e. The van der Waals surface area contributed by atoms with Gasteiger partial charge in [-0.1, -0.05) is 61.0 Å². The van der Waals surface area contributed by atoms with Crippen molar-refractivity contribution >= 4 is 23.5 Å². The van der Waals surface area contributed by atoms with Crippen LogP contribution in [0.1, 0.15) is 36.8 Å². The summed E-state index contributed by atoms with van der Waals surface area (Å²) in [5.74, 6) is -3.34. The predicted octanol–water partition coefficient (Wildman–Crippen LogP) is 3.91. The number of esters is 1. The first-order valence-corrected chi connectivity index (χ1v) is 11.7. The second-order valence-electron chi connectivity index (χ2n) is 8.78. The summed E-state index contributed by atoms with van der Waals surface area (Å²) in [7, 11) is 0. The van der Waals surface area contributed by atoms with Crippen LogP contribution in [0.3, 0.4) is 0 Å². The molecule has 0 spiro atoms. The van der Waals surface area contributed by atoms with Crippen LogP contribution in [0.4, 0.5) is 0 Å². The second-order valence-corrected chi connectivity index (χ2v) is 9.22. The summed E-state index contributed by atoms with van der Waals surface area (Å²) >= 11 is 6.01. The molecule has 0 bridgehead atoms. The van der Waals surface area contributed by atoms with Crippen LogP contribution in [0.25, 0.3) is 0 Å². The molecule has 2 aromatic carbocycles. The van der Waals surface area contributed by atoms with Crippen molar-refractivity contribution in [2.45, 2.75) is 43.5 Å². The van der Waals surface area contributed by atoms with Gasteiger partial charge in [0.05, 0.1) is 25.8 Å². The molecule has 0 radical (unpaired) electrons. The zero-order valence-corrected chi connectivity index (χ0v) is 20.1. The van der Waals surface area contributed by atoms with E-state index in [4.69, 9.17) is 36.0 Å². The average Bonchev–Trinajstić information content (AvgIpc) is 3.40. The first-order valence-electron chi connectivity index (χ1n) is 11.3. The van der Waals surface area contributed by atoms with Gasteiger partial charge in [0.2, 0.25) is 0 Å². The molecule has 184 valence electrons. The Hall–Kier alpha value is -3.20. The van der Waals surface area contributed by atoms with Crippen molar-refractivity contribution in [2.75, 3.05) is 13.2 Å². The molecule has 1 aromatic heterocycles. The summed E-state index contributed by atoms with van der Waals surface area (Å²) in [6.07, 6.45) is 3.58. The average molecular weight is 499 g/mol. The van der Waals surface area contributed by atoms with Crippen LogP contribution in [-0.2, 0) is 41.4 Å². The lowest BCUT2D eigenvalue weighted by Crippen LogP contribution is -2.53. The number of ether oxygens (including phenoxy) is 3. The molecule has 4 rings (SSSR count). The van der Waals surface area contributed by atoms with Crippen LogP contribution in [-0.4, -0.2) is 36.2 Å². The predicted molar refractivity (Wildman–Crippen MR) is 127 cm³/mol. The van der Waals surface area contributed by atoms with Gasteiger partial charge in [-0.2, -0.15) is 0 Å². The van der Waals surface area contributed by atoms with Gasteiger partial charge < -0.3 is 24.4 Å². The molecule has 1 fully saturated rings. The zero-order chi connectivity index (χ0) is 24.9. The van der Waals surface area contributed by atoms with Crippen molar-refractivity contribution in [3.05, 3.63) is 89.1 Å². The molecule has 1 unspecified atom stereocenters. The number of amides is 1. The largest absolute Gasteiger partial charge is 0.457 e. The zero-order valence-electron chi connectivity index (χ0n) is 19.3. The fraction of sp³-hybridized carbons (Fsp3) is 0.346. The molecule has 9 heteroatoms. The van der Waals surface area contributed by atoms with Crippen molar-refractivity contribution in [2.24, 2.45) is 5.73 Å². The molecule has 2 N–H and O–H groups in total. The van der Waals surface area contributed by atoms with Gasteiger partial charge in [-0.05, 0) is 36.1 Å². The van der Waals surface area contributed by atoms with Gasteiger partial charge in [0.15, 0.2) is 0 Å². The van der Waals surface area contributed by atoms with E-state index < -0.39 is 29.2 Å². The number of hydrogen-bond donors (Lipinski definition) is 1. The molecular formula is C26H27ClN2O6. The van der Waals surface area contributed by atoms with E-state index in [1.807, 2.05) is 61.5 Å². The van der Waals surface area contributed by atoms with Crippen LogP contribution < -0.4 is 5.73 Å². The van der Waals surface area contributed by atoms with Gasteiger partial charge in [-0.25, -0.2) is 4.98 Å². The number of oxazole rings is 1. The van der Waals surface area contributed by atoms with E-state index in [1.54, 1.807) is 0 Å². The summed E-state index contributed by atoms with van der Waals surface area (Å²) in [6, 6.07) is 17.6. The number of benzene rings is 2. The van der Waals surface area contributed by atoms with Gasteiger partial charge in [0.25, 0.3) is 11.8 Å². The maximum absolute atomic E-state index is 13.0. The standard InChI is InChI=1S/C26H27ClN2O6/c1-25(19-5-3-2-4-6-19,12-11-18-7-9-20(27)10-8-18)15-22(30)35-21-16-33-26(23(28)31,34-17-21)24-29-13-14-32-24/h2-10,13-14,21H,11-12,15-17H2,1H3,(H2,28,31). The highest BCUT2D eigenvalue weighted by Crippen LogP contribution is 2.35. The number of nitrogens with two attached hydrogens (primary N) is 1. The van der Waals surface area contributed by atoms with Crippen LogP contribution in [0.15, 0.2) is 71.5 Å². The quantitative estimate of drug-likeness (QED) is 0.445. The van der Waals surface area contributed by atoms with Crippen LogP contribution >= 0.6 is 11.6 Å². The summed E-state index contributed by atoms with van der Waals surface area (Å²) in [5, 5.41) is 0.684. The molecule has 1 aliphatic rings. The third-order valence-corrected chi connectivity index (χ3v) is 6.42. The number of nitrogens with zero attached hydrogens (tertiary/aromatic N) is 1. The Labute approximate surface area is 208 Å². The Balaban J connectivity index is 1.41. The van der Waals surface area contributed by atoms with Gasteiger partial charge in [0.1, 0.15) is 12.4 Å². The second kappa shape index (κ2) is 10.6. The van der Waals surface area contributed by atoms with Crippen LogP contribution in [0, 0.1) is 0 Å². The van der Waals surface area contributed by atoms with E-state index in [0.717, 1.165) is 24.0 Å². The summed E-state index contributed by atoms with van der Waals surface area (Å²) in [5.41, 5.74) is 7.18. The van der Waals surface area contributed by atoms with E-state index in [2.05, 4.69) is 4.98 Å². The van der Waals surface area contributed by atoms with Gasteiger partial charge >= 0.3 is 11.8 Å². The topological polar surface area (TPSA) is 114 Å². The minimum atomic E-state index is -1.94. The Kier molecular flexibility index (Phi) is 7.54. The first kappa shape index (κ1) is 24.9. The molecule has 0 aliphatic carbocycles. The number of aromatic nitrogens is 1. The van der Waals surface area contributed by atoms with Gasteiger partial charge in [-0.3, -0.25) is 9.59 Å².